The number of hydrogen-bond acceptors (Lipinski definition) is 2. The molecule has 136 valence electrons. The van der Waals surface area contributed by atoms with E-state index in [1.165, 1.54) is 44.9 Å². The maximum atomic E-state index is 3.78. The molecule has 0 heterocycles. The van der Waals surface area contributed by atoms with E-state index in [1.807, 2.05) is 0 Å². The van der Waals surface area contributed by atoms with Crippen LogP contribution in [0, 0.1) is 23.7 Å². The van der Waals surface area contributed by atoms with Gasteiger partial charge in [-0.15, -0.1) is 0 Å². The predicted molar refractivity (Wildman–Crippen MR) is 102 cm³/mol. The number of rotatable bonds is 6. The third kappa shape index (κ3) is 6.05. The highest BCUT2D eigenvalue weighted by Crippen LogP contribution is 2.39. The molecule has 0 spiro atoms. The molecule has 2 aliphatic rings. The summed E-state index contributed by atoms with van der Waals surface area (Å²) in [7, 11) is 0. The summed E-state index contributed by atoms with van der Waals surface area (Å²) in [6, 6.07) is 2.78. The van der Waals surface area contributed by atoms with E-state index in [-0.39, 0.29) is 0 Å². The van der Waals surface area contributed by atoms with Crippen molar-refractivity contribution in [1.29, 1.82) is 0 Å². The molecule has 0 aliphatic heterocycles. The topological polar surface area (TPSA) is 24.1 Å². The van der Waals surface area contributed by atoms with E-state index in [9.17, 15) is 0 Å². The van der Waals surface area contributed by atoms with E-state index < -0.39 is 0 Å². The normalized spacial score (nSPS) is 39.1. The molecule has 0 aromatic heterocycles. The van der Waals surface area contributed by atoms with Gasteiger partial charge in [0.1, 0.15) is 0 Å². The van der Waals surface area contributed by atoms with Gasteiger partial charge in [0.05, 0.1) is 0 Å². The van der Waals surface area contributed by atoms with Crippen LogP contribution in [-0.2, 0) is 0 Å². The highest BCUT2D eigenvalue weighted by Gasteiger charge is 2.32. The molecule has 0 amide bonds. The average molecular weight is 323 g/mol. The molecule has 6 atom stereocenters. The summed E-state index contributed by atoms with van der Waals surface area (Å²) >= 11 is 0. The number of hydrogen-bond donors (Lipinski definition) is 2. The zero-order chi connectivity index (χ0) is 17.0. The Balaban J connectivity index is 1.74. The molecule has 2 N–H and O–H groups in total. The van der Waals surface area contributed by atoms with Crippen LogP contribution in [0.15, 0.2) is 0 Å². The lowest BCUT2D eigenvalue weighted by atomic mass is 9.70. The molecule has 23 heavy (non-hydrogen) atoms. The van der Waals surface area contributed by atoms with Gasteiger partial charge in [-0.05, 0) is 68.6 Å². The minimum Gasteiger partial charge on any atom is -0.312 e. The zero-order valence-electron chi connectivity index (χ0n) is 16.6. The molecule has 0 bridgehead atoms. The molecular formula is C21H42N2. The molecule has 2 nitrogen and oxygen atoms in total. The molecule has 6 unspecified atom stereocenters. The fourth-order valence-corrected chi connectivity index (χ4v) is 5.27. The maximum Gasteiger partial charge on any atom is 0.00952 e. The molecule has 2 saturated carbocycles. The Labute approximate surface area is 145 Å². The first-order valence-corrected chi connectivity index (χ1v) is 10.4. The molecule has 2 heteroatoms. The first-order chi connectivity index (χ1) is 10.8. The Morgan fingerprint density at radius 2 is 1.09 bits per heavy atom. The van der Waals surface area contributed by atoms with Crippen molar-refractivity contribution < 1.29 is 0 Å². The lowest BCUT2D eigenvalue weighted by molar-refractivity contribution is 0.144. The van der Waals surface area contributed by atoms with Crippen molar-refractivity contribution in [2.45, 2.75) is 111 Å². The Morgan fingerprint density at radius 3 is 1.39 bits per heavy atom. The first kappa shape index (κ1) is 19.2. The molecule has 2 rings (SSSR count). The first-order valence-electron chi connectivity index (χ1n) is 10.4. The van der Waals surface area contributed by atoms with Crippen LogP contribution in [0.25, 0.3) is 0 Å². The zero-order valence-corrected chi connectivity index (χ0v) is 16.6. The maximum absolute atomic E-state index is 3.78. The second kappa shape index (κ2) is 8.85. The second-order valence-electron chi connectivity index (χ2n) is 9.40. The van der Waals surface area contributed by atoms with Gasteiger partial charge in [0, 0.05) is 24.2 Å². The Morgan fingerprint density at radius 1 is 0.696 bits per heavy atom. The van der Waals surface area contributed by atoms with E-state index in [1.54, 1.807) is 0 Å². The Hall–Kier alpha value is -0.0800. The quantitative estimate of drug-likeness (QED) is 0.720. The van der Waals surface area contributed by atoms with E-state index in [2.05, 4.69) is 52.2 Å². The molecule has 2 aliphatic carbocycles. The number of nitrogens with one attached hydrogen (secondary N) is 2. The van der Waals surface area contributed by atoms with E-state index in [0.717, 1.165) is 35.8 Å². The van der Waals surface area contributed by atoms with Crippen molar-refractivity contribution in [3.8, 4) is 0 Å². The van der Waals surface area contributed by atoms with Crippen LogP contribution in [0.3, 0.4) is 0 Å². The van der Waals surface area contributed by atoms with Gasteiger partial charge in [-0.3, -0.25) is 0 Å². The van der Waals surface area contributed by atoms with Gasteiger partial charge in [0.15, 0.2) is 0 Å². The fourth-order valence-electron chi connectivity index (χ4n) is 5.27. The van der Waals surface area contributed by atoms with Crippen molar-refractivity contribution in [2.75, 3.05) is 0 Å². The summed E-state index contributed by atoms with van der Waals surface area (Å²) in [5.41, 5.74) is 0. The molecule has 0 aromatic rings. The van der Waals surface area contributed by atoms with Crippen molar-refractivity contribution >= 4 is 0 Å². The summed E-state index contributed by atoms with van der Waals surface area (Å²) in [5, 5.41) is 7.56. The molecule has 0 saturated heterocycles. The van der Waals surface area contributed by atoms with Crippen LogP contribution in [0.2, 0.25) is 0 Å². The van der Waals surface area contributed by atoms with Crippen molar-refractivity contribution in [3.63, 3.8) is 0 Å². The van der Waals surface area contributed by atoms with Crippen LogP contribution in [0.4, 0.5) is 0 Å². The lowest BCUT2D eigenvalue weighted by Crippen LogP contribution is -2.44. The van der Waals surface area contributed by atoms with Crippen molar-refractivity contribution in [3.05, 3.63) is 0 Å². The summed E-state index contributed by atoms with van der Waals surface area (Å²) in [4.78, 5) is 0. The third-order valence-corrected chi connectivity index (χ3v) is 6.32. The van der Waals surface area contributed by atoms with E-state index in [4.69, 9.17) is 0 Å². The van der Waals surface area contributed by atoms with Crippen molar-refractivity contribution in [1.82, 2.24) is 10.6 Å². The Bertz CT molecular complexity index is 307. The van der Waals surface area contributed by atoms with Crippen LogP contribution in [-0.4, -0.2) is 24.2 Å². The fraction of sp³-hybridized carbons (Fsp3) is 1.00. The van der Waals surface area contributed by atoms with Gasteiger partial charge in [-0.2, -0.15) is 0 Å². The van der Waals surface area contributed by atoms with Crippen molar-refractivity contribution in [2.24, 2.45) is 23.7 Å². The van der Waals surface area contributed by atoms with E-state index >= 15 is 0 Å². The van der Waals surface area contributed by atoms with Crippen LogP contribution in [0.5, 0.6) is 0 Å². The standard InChI is InChI=1S/C21H42N2/c1-14(2)22-20-9-7-18(11-16(20)5)13-19-8-10-21(17(6)12-19)23-15(3)4/h14-23H,7-13H2,1-6H3. The largest absolute Gasteiger partial charge is 0.312 e. The average Bonchev–Trinajstić information content (AvgIpc) is 2.44. The monoisotopic (exact) mass is 322 g/mol. The highest BCUT2D eigenvalue weighted by molar-refractivity contribution is 4.88. The highest BCUT2D eigenvalue weighted by atomic mass is 15.0. The van der Waals surface area contributed by atoms with Gasteiger partial charge in [0.25, 0.3) is 0 Å². The van der Waals surface area contributed by atoms with Crippen LogP contribution < -0.4 is 10.6 Å². The minimum atomic E-state index is 0.628. The van der Waals surface area contributed by atoms with E-state index in [0.29, 0.717) is 12.1 Å². The summed E-state index contributed by atoms with van der Waals surface area (Å²) in [6.07, 6.45) is 10.1. The smallest absolute Gasteiger partial charge is 0.00952 e. The van der Waals surface area contributed by atoms with Gasteiger partial charge in [0.2, 0.25) is 0 Å². The van der Waals surface area contributed by atoms with Gasteiger partial charge < -0.3 is 10.6 Å². The van der Waals surface area contributed by atoms with Gasteiger partial charge in [-0.1, -0.05) is 41.5 Å². The van der Waals surface area contributed by atoms with Crippen LogP contribution >= 0.6 is 0 Å². The molecule has 0 radical (unpaired) electrons. The minimum absolute atomic E-state index is 0.628. The molecule has 2 fully saturated rings. The van der Waals surface area contributed by atoms with Crippen LogP contribution in [0.1, 0.15) is 86.5 Å². The second-order valence-corrected chi connectivity index (χ2v) is 9.40. The molecular weight excluding hydrogens is 280 g/mol. The summed E-state index contributed by atoms with van der Waals surface area (Å²) in [6.45, 7) is 14.1. The lowest BCUT2D eigenvalue weighted by Gasteiger charge is -2.40. The summed E-state index contributed by atoms with van der Waals surface area (Å²) < 4.78 is 0. The van der Waals surface area contributed by atoms with Gasteiger partial charge >= 0.3 is 0 Å². The SMILES string of the molecule is CC(C)NC1CCC(CC2CCC(NC(C)C)C(C)C2)CC1C. The third-order valence-electron chi connectivity index (χ3n) is 6.32. The summed E-state index contributed by atoms with van der Waals surface area (Å²) in [5.74, 6) is 3.68. The predicted octanol–water partition coefficient (Wildman–Crippen LogP) is 4.98. The van der Waals surface area contributed by atoms with Gasteiger partial charge in [-0.25, -0.2) is 0 Å². The molecule has 0 aromatic carbocycles. The Kier molecular flexibility index (Phi) is 7.41.